The number of benzene rings is 3. The van der Waals surface area contributed by atoms with Gasteiger partial charge in [0.2, 0.25) is 5.91 Å². The average molecular weight is 551 g/mol. The molecule has 41 heavy (non-hydrogen) atoms. The van der Waals surface area contributed by atoms with E-state index < -0.39 is 6.04 Å². The number of carbonyl (C=O) groups excluding carboxylic acids is 1. The number of rotatable bonds is 5. The highest BCUT2D eigenvalue weighted by Crippen LogP contribution is 2.31. The minimum absolute atomic E-state index is 0.0162. The summed E-state index contributed by atoms with van der Waals surface area (Å²) in [4.78, 5) is 19.9. The summed E-state index contributed by atoms with van der Waals surface area (Å²) in [6.07, 6.45) is 5.11. The van der Waals surface area contributed by atoms with Crippen molar-refractivity contribution in [3.05, 3.63) is 102 Å². The molecule has 6 rings (SSSR count). The van der Waals surface area contributed by atoms with Gasteiger partial charge in [-0.3, -0.25) is 4.79 Å². The smallest absolute Gasteiger partial charge is 0.247 e. The molecule has 0 saturated carbocycles. The van der Waals surface area contributed by atoms with Crippen LogP contribution in [-0.2, 0) is 24.1 Å². The second-order valence-corrected chi connectivity index (χ2v) is 10.4. The van der Waals surface area contributed by atoms with Crippen molar-refractivity contribution in [3.8, 4) is 11.5 Å². The maximum Gasteiger partial charge on any atom is 0.247 e. The summed E-state index contributed by atoms with van der Waals surface area (Å²) in [5.41, 5.74) is 5.68. The molecule has 0 saturated heterocycles. The molecule has 1 aliphatic rings. The third kappa shape index (κ3) is 5.94. The van der Waals surface area contributed by atoms with Crippen LogP contribution in [0.1, 0.15) is 41.3 Å². The monoisotopic (exact) mass is 550 g/mol. The van der Waals surface area contributed by atoms with Gasteiger partial charge in [0.1, 0.15) is 12.4 Å². The summed E-state index contributed by atoms with van der Waals surface area (Å²) in [5, 5.41) is 13.0. The summed E-state index contributed by atoms with van der Waals surface area (Å²) in [5.74, 6) is 1.48. The number of aromatic nitrogens is 5. The minimum atomic E-state index is -0.533. The number of fused-ring (bicyclic) bond motifs is 5. The number of H-pyrrole nitrogens is 1. The van der Waals surface area contributed by atoms with E-state index in [0.29, 0.717) is 26.1 Å². The molecule has 9 heteroatoms. The lowest BCUT2D eigenvalue weighted by Crippen LogP contribution is -2.40. The van der Waals surface area contributed by atoms with Crippen LogP contribution in [0.15, 0.2) is 79.1 Å². The molecule has 2 bridgehead atoms. The van der Waals surface area contributed by atoms with Gasteiger partial charge in [-0.2, -0.15) is 0 Å². The number of tetrazole rings is 1. The van der Waals surface area contributed by atoms with E-state index in [1.54, 1.807) is 11.8 Å². The van der Waals surface area contributed by atoms with Crippen molar-refractivity contribution < 1.29 is 14.3 Å². The number of carbonyl (C=O) groups is 1. The number of hydrogen-bond acceptors (Lipinski definition) is 6. The molecule has 9 nitrogen and oxygen atoms in total. The van der Waals surface area contributed by atoms with Crippen LogP contribution in [0.5, 0.6) is 11.5 Å². The van der Waals surface area contributed by atoms with Gasteiger partial charge in [0, 0.05) is 42.5 Å². The highest BCUT2D eigenvalue weighted by atomic mass is 16.5. The van der Waals surface area contributed by atoms with Gasteiger partial charge in [-0.15, -0.1) is 5.10 Å². The van der Waals surface area contributed by atoms with Crippen LogP contribution in [0.2, 0.25) is 0 Å². The Balaban J connectivity index is 1.33. The topological polar surface area (TPSA) is 98.2 Å². The molecule has 1 N–H and O–H groups in total. The summed E-state index contributed by atoms with van der Waals surface area (Å²) in [6, 6.07) is 24.0. The molecular weight excluding hydrogens is 516 g/mol. The van der Waals surface area contributed by atoms with Gasteiger partial charge < -0.3 is 19.4 Å². The molecule has 3 aromatic carbocycles. The van der Waals surface area contributed by atoms with Crippen molar-refractivity contribution in [3.63, 3.8) is 0 Å². The quantitative estimate of drug-likeness (QED) is 0.338. The van der Waals surface area contributed by atoms with E-state index in [1.807, 2.05) is 47.4 Å². The second kappa shape index (κ2) is 12.2. The van der Waals surface area contributed by atoms with Gasteiger partial charge in [0.25, 0.3) is 0 Å². The van der Waals surface area contributed by atoms with E-state index in [2.05, 4.69) is 50.8 Å². The average Bonchev–Trinajstić information content (AvgIpc) is 3.66. The fourth-order valence-electron chi connectivity index (χ4n) is 5.66. The van der Waals surface area contributed by atoms with E-state index in [0.717, 1.165) is 59.5 Å². The Hall–Kier alpha value is -4.66. The number of methoxy groups -OCH3 is 1. The zero-order valence-corrected chi connectivity index (χ0v) is 23.2. The summed E-state index contributed by atoms with van der Waals surface area (Å²) in [6.45, 7) is 1.75. The van der Waals surface area contributed by atoms with E-state index in [9.17, 15) is 4.79 Å². The molecule has 0 fully saturated rings. The Kier molecular flexibility index (Phi) is 7.93. The van der Waals surface area contributed by atoms with Crippen molar-refractivity contribution in [1.29, 1.82) is 0 Å². The number of nitrogens with one attached hydrogen (secondary N) is 1. The van der Waals surface area contributed by atoms with Crippen LogP contribution >= 0.6 is 0 Å². The zero-order valence-electron chi connectivity index (χ0n) is 23.2. The van der Waals surface area contributed by atoms with Crippen LogP contribution in [0.4, 0.5) is 0 Å². The van der Waals surface area contributed by atoms with Crippen LogP contribution in [-0.4, -0.2) is 62.8 Å². The summed E-state index contributed by atoms with van der Waals surface area (Å²) < 4.78 is 13.3. The van der Waals surface area contributed by atoms with Crippen molar-refractivity contribution in [2.45, 2.75) is 38.1 Å². The van der Waals surface area contributed by atoms with Gasteiger partial charge in [0.15, 0.2) is 11.5 Å². The van der Waals surface area contributed by atoms with E-state index in [-0.39, 0.29) is 5.91 Å². The highest BCUT2D eigenvalue weighted by Gasteiger charge is 2.28. The fourth-order valence-corrected chi connectivity index (χ4v) is 5.66. The Morgan fingerprint density at radius 1 is 1.05 bits per heavy atom. The SMILES string of the molecule is COc1ccc2cc1OCCCCN(C(=O)C(Cc1ccccc1)n1cnnn1)CCc1c([nH]c3ccccc13)C2. The number of nitrogens with zero attached hydrogens (tertiary/aromatic N) is 5. The fraction of sp³-hybridized carbons (Fsp3) is 0.312. The predicted molar refractivity (Wildman–Crippen MR) is 156 cm³/mol. The number of hydrogen-bond donors (Lipinski definition) is 1. The lowest BCUT2D eigenvalue weighted by Gasteiger charge is -2.28. The molecule has 0 spiro atoms. The van der Waals surface area contributed by atoms with Crippen LogP contribution < -0.4 is 9.47 Å². The van der Waals surface area contributed by atoms with E-state index in [1.165, 1.54) is 17.3 Å². The largest absolute Gasteiger partial charge is 0.493 e. The van der Waals surface area contributed by atoms with E-state index >= 15 is 0 Å². The molecule has 1 aliphatic heterocycles. The van der Waals surface area contributed by atoms with Gasteiger partial charge in [-0.25, -0.2) is 4.68 Å². The number of ether oxygens (including phenoxy) is 2. The lowest BCUT2D eigenvalue weighted by molar-refractivity contribution is -0.135. The first-order valence-corrected chi connectivity index (χ1v) is 14.1. The van der Waals surface area contributed by atoms with Gasteiger partial charge in [-0.05, 0) is 64.6 Å². The minimum Gasteiger partial charge on any atom is -0.493 e. The maximum atomic E-state index is 14.2. The summed E-state index contributed by atoms with van der Waals surface area (Å²) >= 11 is 0. The number of aromatic amines is 1. The van der Waals surface area contributed by atoms with Gasteiger partial charge in [0.05, 0.1) is 13.7 Å². The Bertz CT molecular complexity index is 1600. The van der Waals surface area contributed by atoms with Crippen molar-refractivity contribution in [1.82, 2.24) is 30.1 Å². The second-order valence-electron chi connectivity index (χ2n) is 10.4. The molecule has 3 heterocycles. The molecule has 2 aromatic heterocycles. The standard InChI is InChI=1S/C32H34N6O3/c1-40-30-14-13-24-19-28-26(25-11-5-6-12-27(25)34-28)15-17-37(16-7-8-18-41-31(30)21-24)32(39)29(38-22-33-35-36-38)20-23-9-3-2-4-10-23/h2-6,9-14,21-22,29,34H,7-8,15-20H2,1H3. The van der Waals surface area contributed by atoms with Gasteiger partial charge in [-0.1, -0.05) is 54.6 Å². The highest BCUT2D eigenvalue weighted by molar-refractivity contribution is 5.85. The van der Waals surface area contributed by atoms with Crippen LogP contribution in [0.25, 0.3) is 10.9 Å². The first-order chi connectivity index (χ1) is 20.2. The first kappa shape index (κ1) is 26.6. The van der Waals surface area contributed by atoms with Crippen molar-refractivity contribution in [2.24, 2.45) is 0 Å². The normalized spacial score (nSPS) is 15.0. The Labute approximate surface area is 239 Å². The Morgan fingerprint density at radius 2 is 1.90 bits per heavy atom. The third-order valence-electron chi connectivity index (χ3n) is 7.78. The van der Waals surface area contributed by atoms with Crippen LogP contribution in [0.3, 0.4) is 0 Å². The molecule has 0 aliphatic carbocycles. The first-order valence-electron chi connectivity index (χ1n) is 14.1. The molecule has 1 atom stereocenters. The van der Waals surface area contributed by atoms with Crippen molar-refractivity contribution >= 4 is 16.8 Å². The molecule has 5 aromatic rings. The zero-order chi connectivity index (χ0) is 28.0. The Morgan fingerprint density at radius 3 is 2.73 bits per heavy atom. The molecule has 0 radical (unpaired) electrons. The van der Waals surface area contributed by atoms with Crippen molar-refractivity contribution in [2.75, 3.05) is 26.8 Å². The molecular formula is C32H34N6O3. The molecule has 210 valence electrons. The maximum absolute atomic E-state index is 14.2. The van der Waals surface area contributed by atoms with E-state index in [4.69, 9.17) is 9.47 Å². The molecule has 1 amide bonds. The third-order valence-corrected chi connectivity index (χ3v) is 7.78. The number of para-hydroxylation sites is 1. The lowest BCUT2D eigenvalue weighted by atomic mass is 10.0. The van der Waals surface area contributed by atoms with Gasteiger partial charge >= 0.3 is 0 Å². The number of amides is 1. The molecule has 1 unspecified atom stereocenters. The predicted octanol–water partition coefficient (Wildman–Crippen LogP) is 4.78. The summed E-state index contributed by atoms with van der Waals surface area (Å²) in [7, 11) is 1.66. The van der Waals surface area contributed by atoms with Crippen LogP contribution in [0, 0.1) is 0 Å².